The molecule has 0 saturated carbocycles. The number of thioether (sulfide) groups is 1. The first-order valence-corrected chi connectivity index (χ1v) is 14.8. The van der Waals surface area contributed by atoms with Crippen LogP contribution in [-0.4, -0.2) is 37.2 Å². The summed E-state index contributed by atoms with van der Waals surface area (Å²) in [5, 5.41) is 8.25. The van der Waals surface area contributed by atoms with Gasteiger partial charge in [0.1, 0.15) is 5.70 Å². The van der Waals surface area contributed by atoms with Gasteiger partial charge in [0.05, 0.1) is 19.5 Å². The van der Waals surface area contributed by atoms with Gasteiger partial charge in [-0.1, -0.05) is 36.4 Å². The molecule has 0 fully saturated rings. The summed E-state index contributed by atoms with van der Waals surface area (Å²) in [6.07, 6.45) is 1.57. The summed E-state index contributed by atoms with van der Waals surface area (Å²) in [5.41, 5.74) is 4.56. The summed E-state index contributed by atoms with van der Waals surface area (Å²) < 4.78 is 10.7. The van der Waals surface area contributed by atoms with Crippen molar-refractivity contribution in [1.82, 2.24) is 5.32 Å². The first-order valence-electron chi connectivity index (χ1n) is 13.9. The van der Waals surface area contributed by atoms with Gasteiger partial charge < -0.3 is 25.4 Å². The molecule has 9 heteroatoms. The van der Waals surface area contributed by atoms with E-state index in [0.29, 0.717) is 28.3 Å². The summed E-state index contributed by atoms with van der Waals surface area (Å²) in [6.45, 7) is 5.84. The Hall–Kier alpha value is -5.02. The Morgan fingerprint density at radius 2 is 1.50 bits per heavy atom. The average molecular weight is 610 g/mol. The summed E-state index contributed by atoms with van der Waals surface area (Å²) in [4.78, 5) is 40.1. The van der Waals surface area contributed by atoms with E-state index in [1.165, 1.54) is 26.0 Å². The molecule has 8 nitrogen and oxygen atoms in total. The molecule has 4 rings (SSSR count). The minimum absolute atomic E-state index is 0.0428. The second-order valence-corrected chi connectivity index (χ2v) is 11.4. The molecule has 44 heavy (non-hydrogen) atoms. The number of hydrogen-bond acceptors (Lipinski definition) is 6. The van der Waals surface area contributed by atoms with Crippen LogP contribution in [0.15, 0.2) is 102 Å². The molecule has 4 aromatic rings. The smallest absolute Gasteiger partial charge is 0.272 e. The average Bonchev–Trinajstić information content (AvgIpc) is 3.04. The minimum Gasteiger partial charge on any atom is -0.493 e. The van der Waals surface area contributed by atoms with Gasteiger partial charge in [0.25, 0.3) is 11.8 Å². The van der Waals surface area contributed by atoms with Crippen molar-refractivity contribution in [3.05, 3.63) is 119 Å². The van der Waals surface area contributed by atoms with Gasteiger partial charge in [0.2, 0.25) is 5.91 Å². The van der Waals surface area contributed by atoms with E-state index in [2.05, 4.69) is 16.0 Å². The lowest BCUT2D eigenvalue weighted by Crippen LogP contribution is -2.30. The zero-order valence-corrected chi connectivity index (χ0v) is 26.1. The molecule has 1 unspecified atom stereocenters. The molecule has 0 aliphatic rings. The van der Waals surface area contributed by atoms with Crippen molar-refractivity contribution in [2.45, 2.75) is 30.9 Å². The van der Waals surface area contributed by atoms with Crippen molar-refractivity contribution in [2.24, 2.45) is 0 Å². The Kier molecular flexibility index (Phi) is 10.8. The van der Waals surface area contributed by atoms with Crippen molar-refractivity contribution in [1.29, 1.82) is 0 Å². The molecule has 0 aromatic heterocycles. The molecule has 0 radical (unpaired) electrons. The first-order chi connectivity index (χ1) is 21.2. The van der Waals surface area contributed by atoms with Gasteiger partial charge in [-0.3, -0.25) is 14.4 Å². The van der Waals surface area contributed by atoms with Crippen LogP contribution in [-0.2, 0) is 9.59 Å². The molecular weight excluding hydrogens is 574 g/mol. The SMILES string of the molecule is COc1ccc(/C=C(\NC(=O)c2ccccc2)C(=O)Nc2ccc(SC(C)C(=O)Nc3cccc(C)c3C)cc2)cc1OC. The standard InChI is InChI=1S/C35H35N3O5S/c1-22-10-9-13-29(23(22)2)37-33(39)24(3)44-28-17-15-27(16-18-28)36-35(41)30(38-34(40)26-11-7-6-8-12-26)20-25-14-19-31(42-4)32(21-25)43-5/h6-21,24H,1-5H3,(H,36,41)(H,37,39)(H,38,40)/b30-20-. The number of anilines is 2. The van der Waals surface area contributed by atoms with Gasteiger partial charge in [0.15, 0.2) is 11.5 Å². The zero-order valence-electron chi connectivity index (χ0n) is 25.3. The third kappa shape index (κ3) is 8.29. The fraction of sp³-hybridized carbons (Fsp3) is 0.171. The number of ether oxygens (including phenoxy) is 2. The largest absolute Gasteiger partial charge is 0.493 e. The number of hydrogen-bond donors (Lipinski definition) is 3. The van der Waals surface area contributed by atoms with E-state index in [-0.39, 0.29) is 16.9 Å². The number of rotatable bonds is 11. The highest BCUT2D eigenvalue weighted by atomic mass is 32.2. The van der Waals surface area contributed by atoms with Crippen LogP contribution >= 0.6 is 11.8 Å². The van der Waals surface area contributed by atoms with Crippen LogP contribution in [0.4, 0.5) is 11.4 Å². The van der Waals surface area contributed by atoms with E-state index in [1.807, 2.05) is 57.2 Å². The predicted molar refractivity (Wildman–Crippen MR) is 176 cm³/mol. The van der Waals surface area contributed by atoms with Gasteiger partial charge in [-0.25, -0.2) is 0 Å². The monoisotopic (exact) mass is 609 g/mol. The van der Waals surface area contributed by atoms with Crippen LogP contribution in [0.5, 0.6) is 11.5 Å². The molecule has 0 spiro atoms. The van der Waals surface area contributed by atoms with Gasteiger partial charge in [-0.15, -0.1) is 11.8 Å². The Morgan fingerprint density at radius 3 is 2.18 bits per heavy atom. The quantitative estimate of drug-likeness (QED) is 0.127. The normalized spacial score (nSPS) is 11.7. The number of amides is 3. The molecule has 1 atom stereocenters. The third-order valence-corrected chi connectivity index (χ3v) is 8.02. The summed E-state index contributed by atoms with van der Waals surface area (Å²) in [7, 11) is 3.06. The fourth-order valence-electron chi connectivity index (χ4n) is 4.25. The highest BCUT2D eigenvalue weighted by Crippen LogP contribution is 2.29. The van der Waals surface area contributed by atoms with E-state index < -0.39 is 11.8 Å². The van der Waals surface area contributed by atoms with E-state index in [9.17, 15) is 14.4 Å². The van der Waals surface area contributed by atoms with Crippen molar-refractivity contribution < 1.29 is 23.9 Å². The van der Waals surface area contributed by atoms with Crippen LogP contribution in [0, 0.1) is 13.8 Å². The van der Waals surface area contributed by atoms with Gasteiger partial charge in [-0.2, -0.15) is 0 Å². The number of methoxy groups -OCH3 is 2. The summed E-state index contributed by atoms with van der Waals surface area (Å²) in [5.74, 6) is -0.00215. The lowest BCUT2D eigenvalue weighted by atomic mass is 10.1. The maximum Gasteiger partial charge on any atom is 0.272 e. The maximum atomic E-state index is 13.4. The Balaban J connectivity index is 1.47. The van der Waals surface area contributed by atoms with Crippen molar-refractivity contribution in [3.8, 4) is 11.5 Å². The second kappa shape index (κ2) is 14.9. The number of carbonyl (C=O) groups excluding carboxylic acids is 3. The highest BCUT2D eigenvalue weighted by Gasteiger charge is 2.18. The number of carbonyl (C=O) groups is 3. The molecule has 0 bridgehead atoms. The lowest BCUT2D eigenvalue weighted by molar-refractivity contribution is -0.115. The van der Waals surface area contributed by atoms with E-state index in [0.717, 1.165) is 21.7 Å². The molecule has 0 aliphatic carbocycles. The Bertz CT molecular complexity index is 1670. The molecule has 0 heterocycles. The molecular formula is C35H35N3O5S. The molecule has 3 amide bonds. The summed E-state index contributed by atoms with van der Waals surface area (Å²) >= 11 is 1.41. The molecule has 0 saturated heterocycles. The number of nitrogens with one attached hydrogen (secondary N) is 3. The molecule has 3 N–H and O–H groups in total. The predicted octanol–water partition coefficient (Wildman–Crippen LogP) is 6.85. The summed E-state index contributed by atoms with van der Waals surface area (Å²) in [6, 6.07) is 26.8. The number of aryl methyl sites for hydroxylation is 1. The number of benzene rings is 4. The van der Waals surface area contributed by atoms with Crippen molar-refractivity contribution in [3.63, 3.8) is 0 Å². The van der Waals surface area contributed by atoms with Crippen LogP contribution in [0.25, 0.3) is 6.08 Å². The molecule has 4 aromatic carbocycles. The van der Waals surface area contributed by atoms with Crippen LogP contribution in [0.2, 0.25) is 0 Å². The van der Waals surface area contributed by atoms with Crippen molar-refractivity contribution >= 4 is 46.9 Å². The third-order valence-electron chi connectivity index (χ3n) is 6.90. The van der Waals surface area contributed by atoms with E-state index >= 15 is 0 Å². The Labute approximate surface area is 261 Å². The van der Waals surface area contributed by atoms with Crippen LogP contribution < -0.4 is 25.4 Å². The topological polar surface area (TPSA) is 106 Å². The Morgan fingerprint density at radius 1 is 0.795 bits per heavy atom. The fourth-order valence-corrected chi connectivity index (χ4v) is 5.11. The van der Waals surface area contributed by atoms with Gasteiger partial charge >= 0.3 is 0 Å². The van der Waals surface area contributed by atoms with Crippen LogP contribution in [0.3, 0.4) is 0 Å². The van der Waals surface area contributed by atoms with Gasteiger partial charge in [0, 0.05) is 21.8 Å². The highest BCUT2D eigenvalue weighted by molar-refractivity contribution is 8.00. The van der Waals surface area contributed by atoms with Gasteiger partial charge in [-0.05, 0) is 98.1 Å². The van der Waals surface area contributed by atoms with E-state index in [4.69, 9.17) is 9.47 Å². The minimum atomic E-state index is -0.509. The lowest BCUT2D eigenvalue weighted by Gasteiger charge is -2.15. The maximum absolute atomic E-state index is 13.4. The van der Waals surface area contributed by atoms with Crippen LogP contribution in [0.1, 0.15) is 34.0 Å². The van der Waals surface area contributed by atoms with Crippen molar-refractivity contribution in [2.75, 3.05) is 24.9 Å². The molecule has 0 aliphatic heterocycles. The molecule has 226 valence electrons. The second-order valence-electron chi connectivity index (χ2n) is 9.97. The first kappa shape index (κ1) is 31.9. The zero-order chi connectivity index (χ0) is 31.6. The van der Waals surface area contributed by atoms with E-state index in [1.54, 1.807) is 60.7 Å².